The molecule has 0 spiro atoms. The van der Waals surface area contributed by atoms with Crippen LogP contribution in [0.3, 0.4) is 0 Å². The van der Waals surface area contributed by atoms with Gasteiger partial charge < -0.3 is 10.0 Å². The van der Waals surface area contributed by atoms with E-state index in [4.69, 9.17) is 5.11 Å². The number of carboxylic acids is 1. The van der Waals surface area contributed by atoms with E-state index in [0.717, 1.165) is 25.7 Å². The molecule has 130 valence electrons. The molecule has 1 amide bonds. The number of aromatic carboxylic acids is 1. The zero-order valence-electron chi connectivity index (χ0n) is 14.4. The van der Waals surface area contributed by atoms with Crippen LogP contribution in [-0.2, 0) is 4.79 Å². The van der Waals surface area contributed by atoms with Crippen molar-refractivity contribution in [1.29, 1.82) is 0 Å². The summed E-state index contributed by atoms with van der Waals surface area (Å²) >= 11 is 0. The van der Waals surface area contributed by atoms with Gasteiger partial charge in [0.25, 0.3) is 0 Å². The molecule has 1 aliphatic heterocycles. The minimum atomic E-state index is -1.26. The second-order valence-corrected chi connectivity index (χ2v) is 8.04. The molecule has 1 heterocycles. The number of halogens is 1. The number of benzene rings is 1. The molecule has 1 saturated carbocycles. The van der Waals surface area contributed by atoms with Gasteiger partial charge in [-0.15, -0.1) is 0 Å². The van der Waals surface area contributed by atoms with Gasteiger partial charge in [-0.1, -0.05) is 19.1 Å². The molecule has 5 heteroatoms. The SMILES string of the molecule is CC1(C(=O)N2CC(c3cccc(C(=O)O)c3F)CCC2(C)C)CC1. The van der Waals surface area contributed by atoms with Crippen LogP contribution >= 0.6 is 0 Å². The number of hydrogen-bond acceptors (Lipinski definition) is 2. The van der Waals surface area contributed by atoms with Gasteiger partial charge in [-0.05, 0) is 51.2 Å². The lowest BCUT2D eigenvalue weighted by Gasteiger charge is -2.47. The van der Waals surface area contributed by atoms with Crippen LogP contribution in [0.4, 0.5) is 4.39 Å². The number of piperidine rings is 1. The van der Waals surface area contributed by atoms with Gasteiger partial charge in [-0.2, -0.15) is 0 Å². The summed E-state index contributed by atoms with van der Waals surface area (Å²) < 4.78 is 14.6. The normalized spacial score (nSPS) is 24.5. The molecule has 1 atom stereocenters. The van der Waals surface area contributed by atoms with Gasteiger partial charge >= 0.3 is 5.97 Å². The Morgan fingerprint density at radius 1 is 1.21 bits per heavy atom. The minimum absolute atomic E-state index is 0.145. The van der Waals surface area contributed by atoms with E-state index >= 15 is 0 Å². The predicted molar refractivity (Wildman–Crippen MR) is 88.5 cm³/mol. The van der Waals surface area contributed by atoms with Crippen molar-refractivity contribution in [1.82, 2.24) is 4.90 Å². The standard InChI is InChI=1S/C19H24FNO3/c1-18(2)8-7-12(11-21(18)17(24)19(3)9-10-19)13-5-4-6-14(15(13)20)16(22)23/h4-6,12H,7-11H2,1-3H3,(H,22,23). The van der Waals surface area contributed by atoms with Crippen LogP contribution in [0.2, 0.25) is 0 Å². The van der Waals surface area contributed by atoms with Crippen molar-refractivity contribution >= 4 is 11.9 Å². The monoisotopic (exact) mass is 333 g/mol. The smallest absolute Gasteiger partial charge is 0.338 e. The molecule has 0 aromatic heterocycles. The molecule has 24 heavy (non-hydrogen) atoms. The molecule has 1 aliphatic carbocycles. The molecule has 1 aromatic carbocycles. The Kier molecular flexibility index (Phi) is 3.93. The van der Waals surface area contributed by atoms with E-state index in [0.29, 0.717) is 12.1 Å². The topological polar surface area (TPSA) is 57.6 Å². The maximum atomic E-state index is 14.6. The van der Waals surface area contributed by atoms with Gasteiger partial charge in [0.05, 0.1) is 5.56 Å². The number of carbonyl (C=O) groups is 2. The first-order valence-electron chi connectivity index (χ1n) is 8.49. The summed E-state index contributed by atoms with van der Waals surface area (Å²) in [6.07, 6.45) is 3.33. The van der Waals surface area contributed by atoms with Crippen molar-refractivity contribution in [2.75, 3.05) is 6.54 Å². The van der Waals surface area contributed by atoms with Crippen LogP contribution in [0.1, 0.15) is 68.3 Å². The number of carbonyl (C=O) groups excluding carboxylic acids is 1. The number of likely N-dealkylation sites (tertiary alicyclic amines) is 1. The average Bonchev–Trinajstić information content (AvgIpc) is 3.26. The van der Waals surface area contributed by atoms with Gasteiger partial charge in [0.1, 0.15) is 5.82 Å². The molecular formula is C19H24FNO3. The molecule has 3 rings (SSSR count). The Morgan fingerprint density at radius 3 is 2.46 bits per heavy atom. The van der Waals surface area contributed by atoms with Crippen LogP contribution in [0.25, 0.3) is 0 Å². The van der Waals surface area contributed by atoms with Crippen molar-refractivity contribution < 1.29 is 19.1 Å². The maximum Gasteiger partial charge on any atom is 0.338 e. The van der Waals surface area contributed by atoms with E-state index < -0.39 is 11.8 Å². The second kappa shape index (κ2) is 5.57. The molecular weight excluding hydrogens is 309 g/mol. The minimum Gasteiger partial charge on any atom is -0.478 e. The summed E-state index contributed by atoms with van der Waals surface area (Å²) in [4.78, 5) is 25.9. The molecule has 0 bridgehead atoms. The Labute approximate surface area is 141 Å². The fourth-order valence-electron chi connectivity index (χ4n) is 3.59. The average molecular weight is 333 g/mol. The molecule has 0 radical (unpaired) electrons. The van der Waals surface area contributed by atoms with Gasteiger partial charge in [-0.3, -0.25) is 4.79 Å². The first-order chi connectivity index (χ1) is 11.2. The molecule has 4 nitrogen and oxygen atoms in total. The van der Waals surface area contributed by atoms with E-state index in [1.165, 1.54) is 6.07 Å². The molecule has 1 N–H and O–H groups in total. The number of carboxylic acid groups (broad SMARTS) is 1. The van der Waals surface area contributed by atoms with Crippen molar-refractivity contribution in [3.63, 3.8) is 0 Å². The second-order valence-electron chi connectivity index (χ2n) is 8.04. The predicted octanol–water partition coefficient (Wildman–Crippen LogP) is 3.81. The highest BCUT2D eigenvalue weighted by Gasteiger charge is 2.51. The van der Waals surface area contributed by atoms with Crippen LogP contribution in [0.15, 0.2) is 18.2 Å². The summed E-state index contributed by atoms with van der Waals surface area (Å²) in [5, 5.41) is 9.12. The zero-order valence-corrected chi connectivity index (χ0v) is 14.4. The lowest BCUT2D eigenvalue weighted by Crippen LogP contribution is -2.54. The van der Waals surface area contributed by atoms with Crippen LogP contribution in [0, 0.1) is 11.2 Å². The number of hydrogen-bond donors (Lipinski definition) is 1. The molecule has 2 fully saturated rings. The summed E-state index contributed by atoms with van der Waals surface area (Å²) in [5.41, 5.74) is -0.408. The van der Waals surface area contributed by atoms with E-state index in [1.54, 1.807) is 12.1 Å². The van der Waals surface area contributed by atoms with Gasteiger partial charge in [-0.25, -0.2) is 9.18 Å². The quantitative estimate of drug-likeness (QED) is 0.915. The van der Waals surface area contributed by atoms with Crippen molar-refractivity contribution in [2.45, 2.75) is 57.9 Å². The molecule has 1 aromatic rings. The van der Waals surface area contributed by atoms with Crippen LogP contribution in [-0.4, -0.2) is 34.0 Å². The van der Waals surface area contributed by atoms with Crippen molar-refractivity contribution in [2.24, 2.45) is 5.41 Å². The van der Waals surface area contributed by atoms with E-state index in [-0.39, 0.29) is 28.3 Å². The van der Waals surface area contributed by atoms with Crippen molar-refractivity contribution in [3.8, 4) is 0 Å². The highest BCUT2D eigenvalue weighted by Crippen LogP contribution is 2.49. The summed E-state index contributed by atoms with van der Waals surface area (Å²) in [6, 6.07) is 4.50. The molecule has 1 unspecified atom stereocenters. The van der Waals surface area contributed by atoms with Crippen LogP contribution < -0.4 is 0 Å². The Balaban J connectivity index is 1.90. The maximum absolute atomic E-state index is 14.6. The third-order valence-corrected chi connectivity index (χ3v) is 5.70. The van der Waals surface area contributed by atoms with Gasteiger partial charge in [0.15, 0.2) is 0 Å². The lowest BCUT2D eigenvalue weighted by atomic mass is 9.80. The number of nitrogens with zero attached hydrogens (tertiary/aromatic N) is 1. The van der Waals surface area contributed by atoms with Crippen molar-refractivity contribution in [3.05, 3.63) is 35.1 Å². The Hall–Kier alpha value is -1.91. The third kappa shape index (κ3) is 2.80. The number of rotatable bonds is 3. The Bertz CT molecular complexity index is 694. The lowest BCUT2D eigenvalue weighted by molar-refractivity contribution is -0.144. The first kappa shape index (κ1) is 16.9. The summed E-state index contributed by atoms with van der Waals surface area (Å²) in [7, 11) is 0. The third-order valence-electron chi connectivity index (χ3n) is 5.70. The van der Waals surface area contributed by atoms with E-state index in [2.05, 4.69) is 13.8 Å². The number of amides is 1. The first-order valence-corrected chi connectivity index (χ1v) is 8.49. The van der Waals surface area contributed by atoms with Gasteiger partial charge in [0.2, 0.25) is 5.91 Å². The fraction of sp³-hybridized carbons (Fsp3) is 0.579. The largest absolute Gasteiger partial charge is 0.478 e. The molecule has 1 saturated heterocycles. The zero-order chi connectivity index (χ0) is 17.7. The van der Waals surface area contributed by atoms with Crippen LogP contribution in [0.5, 0.6) is 0 Å². The highest BCUT2D eigenvalue weighted by molar-refractivity contribution is 5.88. The highest BCUT2D eigenvalue weighted by atomic mass is 19.1. The molecule has 2 aliphatic rings. The summed E-state index contributed by atoms with van der Waals surface area (Å²) in [6.45, 7) is 6.54. The van der Waals surface area contributed by atoms with Gasteiger partial charge in [0, 0.05) is 23.4 Å². The van der Waals surface area contributed by atoms with E-state index in [9.17, 15) is 14.0 Å². The Morgan fingerprint density at radius 2 is 1.88 bits per heavy atom. The van der Waals surface area contributed by atoms with E-state index in [1.807, 2.05) is 11.8 Å². The fourth-order valence-corrected chi connectivity index (χ4v) is 3.59. The summed E-state index contributed by atoms with van der Waals surface area (Å²) in [5.74, 6) is -1.95.